The van der Waals surface area contributed by atoms with Crippen LogP contribution in [0.1, 0.15) is 57.1 Å². The van der Waals surface area contributed by atoms with Crippen molar-refractivity contribution in [3.05, 3.63) is 47.0 Å². The Labute approximate surface area is 162 Å². The lowest BCUT2D eigenvalue weighted by Gasteiger charge is -2.13. The van der Waals surface area contributed by atoms with Gasteiger partial charge in [-0.25, -0.2) is 0 Å². The van der Waals surface area contributed by atoms with E-state index in [1.165, 1.54) is 37.4 Å². The van der Waals surface area contributed by atoms with Gasteiger partial charge in [-0.05, 0) is 37.5 Å². The highest BCUT2D eigenvalue weighted by Crippen LogP contribution is 2.24. The molecule has 1 nitrogen and oxygen atoms in total. The van der Waals surface area contributed by atoms with E-state index < -0.39 is 0 Å². The lowest BCUT2D eigenvalue weighted by molar-refractivity contribution is -0.107. The van der Waals surface area contributed by atoms with Crippen LogP contribution in [0.15, 0.2) is 35.9 Å². The summed E-state index contributed by atoms with van der Waals surface area (Å²) < 4.78 is 0. The van der Waals surface area contributed by atoms with E-state index in [9.17, 15) is 4.79 Å². The first-order chi connectivity index (χ1) is 11.5. The molecular formula is C20H28OS3. The van der Waals surface area contributed by atoms with E-state index in [-0.39, 0.29) is 10.4 Å². The van der Waals surface area contributed by atoms with Crippen LogP contribution in [-0.4, -0.2) is 21.0 Å². The smallest absolute Gasteiger partial charge is 0.215 e. The average Bonchev–Trinajstić information content (AvgIpc) is 2.57. The molecule has 0 aromatic heterocycles. The van der Waals surface area contributed by atoms with Gasteiger partial charge < -0.3 is 0 Å². The Bertz CT molecular complexity index is 578. The van der Waals surface area contributed by atoms with Crippen LogP contribution < -0.4 is 0 Å². The zero-order valence-corrected chi connectivity index (χ0v) is 17.4. The third-order valence-corrected chi connectivity index (χ3v) is 6.23. The molecule has 0 aliphatic carbocycles. The molecule has 1 aromatic rings. The summed E-state index contributed by atoms with van der Waals surface area (Å²) in [6, 6.07) is 8.01. The number of aryl methyl sites for hydroxylation is 1. The molecule has 1 aromatic carbocycles. The molecule has 1 rings (SSSR count). The Hall–Kier alpha value is -0.580. The number of carbonyl (C=O) groups is 1. The van der Waals surface area contributed by atoms with Crippen LogP contribution in [-0.2, 0) is 4.79 Å². The van der Waals surface area contributed by atoms with E-state index in [1.54, 1.807) is 0 Å². The van der Waals surface area contributed by atoms with Gasteiger partial charge in [-0.15, -0.1) is 0 Å². The molecule has 1 unspecified atom stereocenters. The standard InChI is InChI=1S/C20H28OS3/c1-4-5-6-7-11-17(14-22)24-20(21)16(3)13-19(23)18-12-9-8-10-15(18)2/h8-10,12-13,17,22H,4-7,11,14H2,1-3H3/b16-13+. The highest BCUT2D eigenvalue weighted by molar-refractivity contribution is 8.15. The Balaban J connectivity index is 2.62. The molecule has 0 saturated carbocycles. The van der Waals surface area contributed by atoms with Gasteiger partial charge in [0.1, 0.15) is 0 Å². The van der Waals surface area contributed by atoms with Crippen molar-refractivity contribution in [1.29, 1.82) is 0 Å². The molecule has 0 heterocycles. The number of hydrogen-bond donors (Lipinski definition) is 1. The Morgan fingerprint density at radius 1 is 1.29 bits per heavy atom. The minimum atomic E-state index is 0.112. The molecule has 1 atom stereocenters. The molecule has 4 heteroatoms. The average molecular weight is 381 g/mol. The normalized spacial score (nSPS) is 12.9. The van der Waals surface area contributed by atoms with E-state index in [0.29, 0.717) is 5.57 Å². The second-order valence-electron chi connectivity index (χ2n) is 6.07. The monoisotopic (exact) mass is 380 g/mol. The second-order valence-corrected chi connectivity index (χ2v) is 8.14. The van der Waals surface area contributed by atoms with Gasteiger partial charge in [-0.2, -0.15) is 12.6 Å². The zero-order chi connectivity index (χ0) is 17.9. The maximum Gasteiger partial charge on any atom is 0.215 e. The molecule has 0 fully saturated rings. The van der Waals surface area contributed by atoms with Gasteiger partial charge in [0.2, 0.25) is 5.12 Å². The van der Waals surface area contributed by atoms with Gasteiger partial charge in [0.05, 0.1) is 0 Å². The fourth-order valence-electron chi connectivity index (χ4n) is 2.41. The molecule has 0 aliphatic rings. The van der Waals surface area contributed by atoms with Crippen molar-refractivity contribution in [3.8, 4) is 0 Å². The van der Waals surface area contributed by atoms with E-state index in [1.807, 2.05) is 44.2 Å². The van der Waals surface area contributed by atoms with Gasteiger partial charge in [0.15, 0.2) is 0 Å². The minimum absolute atomic E-state index is 0.112. The fourth-order valence-corrected chi connectivity index (χ4v) is 4.13. The van der Waals surface area contributed by atoms with Crippen molar-refractivity contribution in [2.45, 2.75) is 58.1 Å². The van der Waals surface area contributed by atoms with E-state index in [4.69, 9.17) is 12.2 Å². The van der Waals surface area contributed by atoms with Crippen molar-refractivity contribution >= 4 is 46.6 Å². The summed E-state index contributed by atoms with van der Waals surface area (Å²) in [5, 5.41) is 0.397. The number of benzene rings is 1. The number of allylic oxidation sites excluding steroid dienone is 1. The molecule has 0 amide bonds. The van der Waals surface area contributed by atoms with Crippen molar-refractivity contribution in [1.82, 2.24) is 0 Å². The summed E-state index contributed by atoms with van der Waals surface area (Å²) in [7, 11) is 0. The molecular weight excluding hydrogens is 352 g/mol. The summed E-state index contributed by atoms with van der Waals surface area (Å²) in [5.74, 6) is 0.734. The zero-order valence-electron chi connectivity index (χ0n) is 14.9. The van der Waals surface area contributed by atoms with Gasteiger partial charge in [0.25, 0.3) is 0 Å². The topological polar surface area (TPSA) is 17.1 Å². The number of thiocarbonyl (C=S) groups is 1. The molecule has 132 valence electrons. The third-order valence-electron chi connectivity index (χ3n) is 3.94. The van der Waals surface area contributed by atoms with Crippen molar-refractivity contribution in [2.75, 3.05) is 5.75 Å². The van der Waals surface area contributed by atoms with E-state index in [0.717, 1.165) is 28.2 Å². The van der Waals surface area contributed by atoms with Crippen LogP contribution in [0.4, 0.5) is 0 Å². The predicted molar refractivity (Wildman–Crippen MR) is 116 cm³/mol. The quantitative estimate of drug-likeness (QED) is 0.171. The van der Waals surface area contributed by atoms with E-state index in [2.05, 4.69) is 19.6 Å². The first-order valence-electron chi connectivity index (χ1n) is 8.59. The molecule has 24 heavy (non-hydrogen) atoms. The first-order valence-corrected chi connectivity index (χ1v) is 10.5. The van der Waals surface area contributed by atoms with Crippen LogP contribution in [0.5, 0.6) is 0 Å². The number of hydrogen-bond acceptors (Lipinski definition) is 4. The summed E-state index contributed by atoms with van der Waals surface area (Å²) in [5.41, 5.74) is 2.87. The Morgan fingerprint density at radius 2 is 2.00 bits per heavy atom. The maximum atomic E-state index is 12.5. The Kier molecular flexibility index (Phi) is 10.6. The summed E-state index contributed by atoms with van der Waals surface area (Å²) in [6.45, 7) is 6.10. The molecule has 0 bridgehead atoms. The van der Waals surface area contributed by atoms with Gasteiger partial charge in [0, 0.05) is 21.4 Å². The number of thioether (sulfide) groups is 1. The predicted octanol–water partition coefficient (Wildman–Crippen LogP) is 6.19. The Morgan fingerprint density at radius 3 is 2.62 bits per heavy atom. The van der Waals surface area contributed by atoms with E-state index >= 15 is 0 Å². The van der Waals surface area contributed by atoms with Crippen LogP contribution in [0.25, 0.3) is 0 Å². The lowest BCUT2D eigenvalue weighted by Crippen LogP contribution is -2.10. The number of thiol groups is 1. The lowest BCUT2D eigenvalue weighted by atomic mass is 10.0. The van der Waals surface area contributed by atoms with Crippen LogP contribution in [0, 0.1) is 6.92 Å². The summed E-state index contributed by atoms with van der Waals surface area (Å²) in [6.07, 6.45) is 7.79. The van der Waals surface area contributed by atoms with Crippen molar-refractivity contribution in [2.24, 2.45) is 0 Å². The molecule has 0 aliphatic heterocycles. The van der Waals surface area contributed by atoms with Gasteiger partial charge in [-0.3, -0.25) is 4.79 Å². The number of unbranched alkanes of at least 4 members (excludes halogenated alkanes) is 3. The maximum absolute atomic E-state index is 12.5. The number of carbonyl (C=O) groups excluding carboxylic acids is 1. The van der Waals surface area contributed by atoms with Crippen molar-refractivity contribution in [3.63, 3.8) is 0 Å². The van der Waals surface area contributed by atoms with Crippen LogP contribution in [0.2, 0.25) is 0 Å². The summed E-state index contributed by atoms with van der Waals surface area (Å²) in [4.78, 5) is 13.2. The molecule has 0 N–H and O–H groups in total. The van der Waals surface area contributed by atoms with Crippen LogP contribution in [0.3, 0.4) is 0 Å². The highest BCUT2D eigenvalue weighted by Gasteiger charge is 2.15. The third kappa shape index (κ3) is 7.54. The largest absolute Gasteiger partial charge is 0.282 e. The summed E-state index contributed by atoms with van der Waals surface area (Å²) >= 11 is 11.3. The van der Waals surface area contributed by atoms with Crippen LogP contribution >= 0.6 is 36.6 Å². The van der Waals surface area contributed by atoms with Gasteiger partial charge in [-0.1, -0.05) is 80.9 Å². The first kappa shape index (κ1) is 21.5. The minimum Gasteiger partial charge on any atom is -0.282 e. The molecule has 0 radical (unpaired) electrons. The fraction of sp³-hybridized carbons (Fsp3) is 0.500. The number of rotatable bonds is 10. The highest BCUT2D eigenvalue weighted by atomic mass is 32.2. The van der Waals surface area contributed by atoms with Crippen molar-refractivity contribution < 1.29 is 4.79 Å². The molecule has 0 spiro atoms. The molecule has 0 saturated heterocycles. The SMILES string of the molecule is CCCCCCC(CS)SC(=O)/C(C)=C/C(=S)c1ccccc1C. The van der Waals surface area contributed by atoms with Gasteiger partial charge >= 0.3 is 0 Å². The second kappa shape index (κ2) is 11.9.